The van der Waals surface area contributed by atoms with Crippen molar-refractivity contribution in [1.29, 1.82) is 0 Å². The molecule has 7 heteroatoms. The fraction of sp³-hybridized carbons (Fsp3) is 0.0800. The van der Waals surface area contributed by atoms with Crippen molar-refractivity contribution in [2.75, 3.05) is 11.9 Å². The molecule has 4 rings (SSSR count). The van der Waals surface area contributed by atoms with E-state index in [1.807, 2.05) is 18.2 Å². The van der Waals surface area contributed by atoms with E-state index in [-0.39, 0.29) is 17.9 Å². The van der Waals surface area contributed by atoms with Gasteiger partial charge in [0.2, 0.25) is 0 Å². The quantitative estimate of drug-likeness (QED) is 0.361. The summed E-state index contributed by atoms with van der Waals surface area (Å²) >= 11 is 0. The molecule has 1 heterocycles. The predicted molar refractivity (Wildman–Crippen MR) is 120 cm³/mol. The predicted octanol–water partition coefficient (Wildman–Crippen LogP) is 4.40. The molecule has 0 radical (unpaired) electrons. The number of carbonyl (C=O) groups excluding carboxylic acids is 2. The van der Waals surface area contributed by atoms with E-state index in [4.69, 9.17) is 13.9 Å². The SMILES string of the molecule is CC(=O)Oc1ccc2c(=O)c(-c3ccc(NC(=O)COc4ccccc4)cc3)coc2c1. The van der Waals surface area contributed by atoms with Gasteiger partial charge in [0.25, 0.3) is 5.91 Å². The summed E-state index contributed by atoms with van der Waals surface area (Å²) in [4.78, 5) is 36.1. The van der Waals surface area contributed by atoms with E-state index in [1.54, 1.807) is 48.5 Å². The normalized spacial score (nSPS) is 10.5. The molecule has 1 aromatic heterocycles. The number of benzene rings is 3. The molecule has 4 aromatic rings. The number of hydrogen-bond donors (Lipinski definition) is 1. The Bertz CT molecular complexity index is 1330. The zero-order valence-electron chi connectivity index (χ0n) is 17.2. The van der Waals surface area contributed by atoms with Crippen LogP contribution >= 0.6 is 0 Å². The molecule has 160 valence electrons. The van der Waals surface area contributed by atoms with Crippen LogP contribution in [-0.2, 0) is 9.59 Å². The number of amides is 1. The Labute approximate surface area is 183 Å². The lowest BCUT2D eigenvalue weighted by Crippen LogP contribution is -2.20. The molecule has 0 atom stereocenters. The maximum atomic E-state index is 12.9. The zero-order valence-corrected chi connectivity index (χ0v) is 17.2. The van der Waals surface area contributed by atoms with Gasteiger partial charge in [-0.1, -0.05) is 30.3 Å². The van der Waals surface area contributed by atoms with Gasteiger partial charge in [-0.15, -0.1) is 0 Å². The first-order chi connectivity index (χ1) is 15.5. The van der Waals surface area contributed by atoms with Crippen LogP contribution in [0.25, 0.3) is 22.1 Å². The second kappa shape index (κ2) is 9.18. The first kappa shape index (κ1) is 20.9. The molecule has 0 spiro atoms. The Balaban J connectivity index is 1.47. The summed E-state index contributed by atoms with van der Waals surface area (Å²) in [5, 5.41) is 3.12. The molecule has 1 amide bonds. The number of nitrogens with one attached hydrogen (secondary N) is 1. The third kappa shape index (κ3) is 4.84. The summed E-state index contributed by atoms with van der Waals surface area (Å²) in [5.74, 6) is 0.163. The smallest absolute Gasteiger partial charge is 0.308 e. The van der Waals surface area contributed by atoms with Crippen LogP contribution in [0.4, 0.5) is 5.69 Å². The highest BCUT2D eigenvalue weighted by molar-refractivity contribution is 5.92. The second-order valence-corrected chi connectivity index (χ2v) is 6.96. The molecule has 0 saturated heterocycles. The van der Waals surface area contributed by atoms with E-state index in [1.165, 1.54) is 19.3 Å². The minimum absolute atomic E-state index is 0.116. The van der Waals surface area contributed by atoms with E-state index >= 15 is 0 Å². The van der Waals surface area contributed by atoms with Gasteiger partial charge in [-0.2, -0.15) is 0 Å². The molecule has 0 aliphatic rings. The van der Waals surface area contributed by atoms with Crippen molar-refractivity contribution in [3.8, 4) is 22.6 Å². The molecule has 0 aliphatic carbocycles. The largest absolute Gasteiger partial charge is 0.484 e. The van der Waals surface area contributed by atoms with Gasteiger partial charge in [0.1, 0.15) is 23.3 Å². The van der Waals surface area contributed by atoms with Gasteiger partial charge in [0, 0.05) is 18.7 Å². The van der Waals surface area contributed by atoms with Gasteiger partial charge < -0.3 is 19.2 Å². The van der Waals surface area contributed by atoms with Crippen molar-refractivity contribution >= 4 is 28.5 Å². The van der Waals surface area contributed by atoms with E-state index in [0.29, 0.717) is 39.3 Å². The monoisotopic (exact) mass is 429 g/mol. The number of esters is 1. The Hall–Kier alpha value is -4.39. The van der Waals surface area contributed by atoms with Gasteiger partial charge in [0.15, 0.2) is 12.0 Å². The Morgan fingerprint density at radius 2 is 1.69 bits per heavy atom. The van der Waals surface area contributed by atoms with Gasteiger partial charge in [-0.3, -0.25) is 14.4 Å². The summed E-state index contributed by atoms with van der Waals surface area (Å²) in [5.41, 5.74) is 1.70. The molecule has 0 saturated carbocycles. The van der Waals surface area contributed by atoms with Crippen molar-refractivity contribution in [2.45, 2.75) is 6.92 Å². The molecule has 0 fully saturated rings. The maximum Gasteiger partial charge on any atom is 0.308 e. The Morgan fingerprint density at radius 3 is 2.41 bits per heavy atom. The lowest BCUT2D eigenvalue weighted by atomic mass is 10.1. The van der Waals surface area contributed by atoms with E-state index in [2.05, 4.69) is 5.32 Å². The van der Waals surface area contributed by atoms with Crippen molar-refractivity contribution in [3.63, 3.8) is 0 Å². The summed E-state index contributed by atoms with van der Waals surface area (Å²) in [6.07, 6.45) is 1.36. The van der Waals surface area contributed by atoms with Gasteiger partial charge in [-0.05, 0) is 42.0 Å². The third-order valence-corrected chi connectivity index (χ3v) is 4.60. The summed E-state index contributed by atoms with van der Waals surface area (Å²) < 4.78 is 16.0. The fourth-order valence-corrected chi connectivity index (χ4v) is 3.13. The Kier molecular flexibility index (Phi) is 5.98. The van der Waals surface area contributed by atoms with Crippen molar-refractivity contribution in [1.82, 2.24) is 0 Å². The van der Waals surface area contributed by atoms with Gasteiger partial charge >= 0.3 is 5.97 Å². The minimum Gasteiger partial charge on any atom is -0.484 e. The van der Waals surface area contributed by atoms with Crippen LogP contribution < -0.4 is 20.2 Å². The van der Waals surface area contributed by atoms with Gasteiger partial charge in [0.05, 0.1) is 10.9 Å². The second-order valence-electron chi connectivity index (χ2n) is 6.96. The summed E-state index contributed by atoms with van der Waals surface area (Å²) in [7, 11) is 0. The average Bonchev–Trinajstić information content (AvgIpc) is 2.79. The van der Waals surface area contributed by atoms with Crippen molar-refractivity contribution in [3.05, 3.63) is 89.3 Å². The molecular weight excluding hydrogens is 410 g/mol. The van der Waals surface area contributed by atoms with Crippen LogP contribution in [0.3, 0.4) is 0 Å². The summed E-state index contributed by atoms with van der Waals surface area (Å²) in [6.45, 7) is 1.18. The number of para-hydroxylation sites is 1. The topological polar surface area (TPSA) is 94.8 Å². The van der Waals surface area contributed by atoms with Crippen molar-refractivity contribution in [2.24, 2.45) is 0 Å². The lowest BCUT2D eigenvalue weighted by Gasteiger charge is -2.08. The van der Waals surface area contributed by atoms with E-state index in [9.17, 15) is 14.4 Å². The number of carbonyl (C=O) groups is 2. The lowest BCUT2D eigenvalue weighted by molar-refractivity contribution is -0.131. The standard InChI is InChI=1S/C25H19NO6/c1-16(27)32-20-11-12-21-23(13-20)31-14-22(25(21)29)17-7-9-18(10-8-17)26-24(28)15-30-19-5-3-2-4-6-19/h2-14H,15H2,1H3,(H,26,28). The van der Waals surface area contributed by atoms with Gasteiger partial charge in [-0.25, -0.2) is 0 Å². The highest BCUT2D eigenvalue weighted by Crippen LogP contribution is 2.24. The first-order valence-corrected chi connectivity index (χ1v) is 9.82. The Morgan fingerprint density at radius 1 is 0.938 bits per heavy atom. The fourth-order valence-electron chi connectivity index (χ4n) is 3.13. The molecular formula is C25H19NO6. The highest BCUT2D eigenvalue weighted by atomic mass is 16.5. The average molecular weight is 429 g/mol. The van der Waals surface area contributed by atoms with E-state index in [0.717, 1.165) is 0 Å². The van der Waals surface area contributed by atoms with E-state index < -0.39 is 5.97 Å². The number of anilines is 1. The summed E-state index contributed by atoms with van der Waals surface area (Å²) in [6, 6.07) is 20.5. The molecule has 3 aromatic carbocycles. The van der Waals surface area contributed by atoms with Crippen LogP contribution in [0.1, 0.15) is 6.92 Å². The molecule has 32 heavy (non-hydrogen) atoms. The molecule has 0 bridgehead atoms. The van der Waals surface area contributed by atoms with Crippen LogP contribution in [-0.4, -0.2) is 18.5 Å². The van der Waals surface area contributed by atoms with Crippen LogP contribution in [0, 0.1) is 0 Å². The number of rotatable bonds is 6. The maximum absolute atomic E-state index is 12.9. The number of fused-ring (bicyclic) bond motifs is 1. The zero-order chi connectivity index (χ0) is 22.5. The van der Waals surface area contributed by atoms with Crippen LogP contribution in [0.5, 0.6) is 11.5 Å². The molecule has 1 N–H and O–H groups in total. The van der Waals surface area contributed by atoms with Crippen LogP contribution in [0.2, 0.25) is 0 Å². The third-order valence-electron chi connectivity index (χ3n) is 4.60. The molecule has 7 nitrogen and oxygen atoms in total. The first-order valence-electron chi connectivity index (χ1n) is 9.82. The molecule has 0 aliphatic heterocycles. The number of ether oxygens (including phenoxy) is 2. The van der Waals surface area contributed by atoms with Crippen molar-refractivity contribution < 1.29 is 23.5 Å². The van der Waals surface area contributed by atoms with Crippen LogP contribution in [0.15, 0.2) is 88.3 Å². The number of hydrogen-bond acceptors (Lipinski definition) is 6. The molecule has 0 unspecified atom stereocenters. The minimum atomic E-state index is -0.456. The highest BCUT2D eigenvalue weighted by Gasteiger charge is 2.11.